The molecule has 0 spiro atoms. The highest BCUT2D eigenvalue weighted by molar-refractivity contribution is 5.84. The molecule has 0 fully saturated rings. The topological polar surface area (TPSA) is 314 Å². The van der Waals surface area contributed by atoms with Gasteiger partial charge in [-0.1, -0.05) is 0 Å². The van der Waals surface area contributed by atoms with Crippen LogP contribution in [0.1, 0.15) is 39.5 Å². The molecule has 0 rings (SSSR count). The Bertz CT molecular complexity index is 1700. The molecular formula is C60H108F8N2O28. The molecule has 0 aromatic heterocycles. The predicted molar refractivity (Wildman–Crippen MR) is 326 cm³/mol. The largest absolute Gasteiger partial charge is 0.453 e. The molecule has 0 aliphatic rings. The fraction of sp³-hybridized carbons (Fsp3) is 0.933. The molecule has 2 amide bonds. The Kier molecular flexibility index (Phi) is 65.9. The fourth-order valence-corrected chi connectivity index (χ4v) is 6.69. The van der Waals surface area contributed by atoms with Crippen molar-refractivity contribution < 1.29 is 168 Å². The summed E-state index contributed by atoms with van der Waals surface area (Å²) in [6.07, 6.45) is -24.9. The van der Waals surface area contributed by atoms with Crippen LogP contribution < -0.4 is 10.6 Å². The summed E-state index contributed by atoms with van der Waals surface area (Å²) in [4.78, 5) is 45.3. The summed E-state index contributed by atoms with van der Waals surface area (Å²) in [5.41, 5.74) is 0. The third-order valence-electron chi connectivity index (χ3n) is 11.5. The van der Waals surface area contributed by atoms with Gasteiger partial charge in [-0.05, 0) is 19.8 Å². The number of rotatable bonds is 81. The summed E-state index contributed by atoms with van der Waals surface area (Å²) in [5, 5.41) is 4.04. The number of alkyl halides is 8. The average Bonchev–Trinajstić information content (AvgIpc) is 0.782. The van der Waals surface area contributed by atoms with Crippen LogP contribution in [0.5, 0.6) is 0 Å². The maximum absolute atomic E-state index is 14.2. The quantitative estimate of drug-likeness (QED) is 0.0653. The minimum absolute atomic E-state index is 0.0118. The summed E-state index contributed by atoms with van der Waals surface area (Å²) in [6.45, 7) is 15.7. The van der Waals surface area contributed by atoms with Gasteiger partial charge in [0, 0.05) is 46.1 Å². The zero-order valence-electron chi connectivity index (χ0n) is 56.8. The smallest absolute Gasteiger partial charge is 0.379 e. The van der Waals surface area contributed by atoms with E-state index in [0.717, 1.165) is 0 Å². The number of hydrogen-bond donors (Lipinski definition) is 2. The van der Waals surface area contributed by atoms with Gasteiger partial charge >= 0.3 is 30.3 Å². The summed E-state index contributed by atoms with van der Waals surface area (Å²) in [7, 11) is 0. The molecule has 98 heavy (non-hydrogen) atoms. The first-order chi connectivity index (χ1) is 47.3. The molecule has 38 heteroatoms. The lowest BCUT2D eigenvalue weighted by Gasteiger charge is -2.30. The Balaban J connectivity index is 3.68. The van der Waals surface area contributed by atoms with Crippen molar-refractivity contribution in [3.63, 3.8) is 0 Å². The van der Waals surface area contributed by atoms with E-state index in [2.05, 4.69) is 14.8 Å². The molecule has 0 atom stereocenters. The van der Waals surface area contributed by atoms with Crippen LogP contribution in [-0.4, -0.2) is 352 Å². The van der Waals surface area contributed by atoms with E-state index in [1.54, 1.807) is 6.92 Å². The Morgan fingerprint density at radius 3 is 0.643 bits per heavy atom. The van der Waals surface area contributed by atoms with E-state index in [4.69, 9.17) is 104 Å². The molecule has 0 bridgehead atoms. The van der Waals surface area contributed by atoms with E-state index in [0.29, 0.717) is 218 Å². The minimum Gasteiger partial charge on any atom is -0.379 e. The van der Waals surface area contributed by atoms with E-state index in [1.165, 1.54) is 12.2 Å². The number of halogens is 8. The average molecular weight is 1460 g/mol. The van der Waals surface area contributed by atoms with Crippen molar-refractivity contribution in [2.45, 2.75) is 64.0 Å². The first-order valence-electron chi connectivity index (χ1n) is 32.5. The Morgan fingerprint density at radius 2 is 0.429 bits per heavy atom. The van der Waals surface area contributed by atoms with Gasteiger partial charge in [-0.3, -0.25) is 14.4 Å². The molecule has 30 nitrogen and oxygen atoms in total. The summed E-state index contributed by atoms with van der Waals surface area (Å²) >= 11 is 0. The zero-order chi connectivity index (χ0) is 72.0. The third-order valence-corrected chi connectivity index (χ3v) is 11.5. The molecule has 0 aromatic carbocycles. The first-order valence-corrected chi connectivity index (χ1v) is 32.5. The molecule has 0 heterocycles. The van der Waals surface area contributed by atoms with Crippen LogP contribution in [-0.2, 0) is 133 Å². The van der Waals surface area contributed by atoms with Gasteiger partial charge in [0.2, 0.25) is 11.7 Å². The van der Waals surface area contributed by atoms with Gasteiger partial charge in [0.1, 0.15) is 5.78 Å². The molecular weight excluding hydrogens is 1350 g/mol. The van der Waals surface area contributed by atoms with Crippen LogP contribution in [0.25, 0.3) is 0 Å². The van der Waals surface area contributed by atoms with Crippen molar-refractivity contribution in [1.29, 1.82) is 0 Å². The summed E-state index contributed by atoms with van der Waals surface area (Å²) in [6, 6.07) is 0. The second-order valence-electron chi connectivity index (χ2n) is 19.8. The number of hydrogen-bond acceptors (Lipinski definition) is 28. The van der Waals surface area contributed by atoms with Gasteiger partial charge in [0.25, 0.3) is 0 Å². The lowest BCUT2D eigenvalue weighted by molar-refractivity contribution is -0.499. The number of carbonyl (C=O) groups is 4. The molecule has 0 saturated carbocycles. The van der Waals surface area contributed by atoms with Crippen LogP contribution >= 0.6 is 0 Å². The Labute approximate surface area is 568 Å². The van der Waals surface area contributed by atoms with Gasteiger partial charge in [-0.15, -0.1) is 0 Å². The van der Waals surface area contributed by atoms with E-state index in [1.807, 2.05) is 0 Å². The Hall–Kier alpha value is -3.24. The second-order valence-corrected chi connectivity index (χ2v) is 19.8. The number of ketones is 2. The number of carbonyl (C=O) groups excluding carboxylic acids is 4. The van der Waals surface area contributed by atoms with Gasteiger partial charge in [0.15, 0.2) is 0 Å². The molecule has 0 radical (unpaired) electrons. The van der Waals surface area contributed by atoms with E-state index in [9.17, 15) is 54.3 Å². The van der Waals surface area contributed by atoms with Gasteiger partial charge in [-0.25, -0.2) is 9.47 Å². The SMILES string of the molecule is CC(=O)CCCOCCOCCOCCOCCOCCOCCOCCOCCOCCOCCOCCCC(=O)C(F)(F)OC(F)(F)C(F)(F)OC(F)(F)C(=O)NCCOCCOCCOCCOCCOCCOCCOCCOCCOCCOCCOCCNC(C)=O. The highest BCUT2D eigenvalue weighted by Gasteiger charge is 2.69. The summed E-state index contributed by atoms with van der Waals surface area (Å²) < 4.78 is 236. The number of nitrogens with one attached hydrogen (secondary N) is 2. The molecule has 0 aromatic rings. The fourth-order valence-electron chi connectivity index (χ4n) is 6.69. The van der Waals surface area contributed by atoms with Gasteiger partial charge < -0.3 is 120 Å². The first kappa shape index (κ1) is 94.8. The molecule has 0 aliphatic heterocycles. The van der Waals surface area contributed by atoms with Gasteiger partial charge in [0.05, 0.1) is 277 Å². The zero-order valence-corrected chi connectivity index (χ0v) is 56.8. The molecule has 0 saturated heterocycles. The van der Waals surface area contributed by atoms with E-state index >= 15 is 0 Å². The molecule has 2 N–H and O–H groups in total. The minimum atomic E-state index is -6.55. The maximum atomic E-state index is 14.2. The molecule has 582 valence electrons. The van der Waals surface area contributed by atoms with Crippen molar-refractivity contribution in [1.82, 2.24) is 10.6 Å². The number of ether oxygens (including phenoxy) is 24. The monoisotopic (exact) mass is 1460 g/mol. The lowest BCUT2D eigenvalue weighted by atomic mass is 10.2. The summed E-state index contributed by atoms with van der Waals surface area (Å²) in [5.74, 6) is -5.00. The molecule has 0 aliphatic carbocycles. The van der Waals surface area contributed by atoms with Crippen molar-refractivity contribution in [3.8, 4) is 0 Å². The second kappa shape index (κ2) is 68.2. The van der Waals surface area contributed by atoms with Crippen LogP contribution in [0.4, 0.5) is 35.1 Å². The van der Waals surface area contributed by atoms with Gasteiger partial charge in [-0.2, -0.15) is 35.1 Å². The lowest BCUT2D eigenvalue weighted by Crippen LogP contribution is -2.56. The van der Waals surface area contributed by atoms with Crippen LogP contribution in [0.2, 0.25) is 0 Å². The number of Topliss-reactive ketones (excluding diaryl/α,β-unsaturated/α-hetero) is 2. The van der Waals surface area contributed by atoms with Crippen molar-refractivity contribution >= 4 is 23.4 Å². The normalized spacial score (nSPS) is 12.3. The third kappa shape index (κ3) is 64.8. The van der Waals surface area contributed by atoms with Crippen molar-refractivity contribution in [2.24, 2.45) is 0 Å². The highest BCUT2D eigenvalue weighted by Crippen LogP contribution is 2.43. The van der Waals surface area contributed by atoms with Crippen LogP contribution in [0, 0.1) is 0 Å². The van der Waals surface area contributed by atoms with Crippen molar-refractivity contribution in [3.05, 3.63) is 0 Å². The Morgan fingerprint density at radius 1 is 0.245 bits per heavy atom. The predicted octanol–water partition coefficient (Wildman–Crippen LogP) is 2.73. The highest BCUT2D eigenvalue weighted by atomic mass is 19.3. The standard InChI is InChI=1S/C60H108F8N2O28/c1-53(71)5-3-9-75-13-17-79-21-25-83-29-33-87-37-41-91-45-49-95-50-46-92-42-38-88-34-30-84-26-22-80-18-14-76-10-4-6-55(73)57(61,62)97-59(65,66)60(67,68)98-58(63,64)56(74)70-8-12-78-16-20-82-24-28-86-32-36-90-40-44-94-48-52-96-51-47-93-43-39-89-35-31-85-27-23-81-19-15-77-11-7-69-54(2)72/h3-52H2,1-2H3,(H,69,72)(H,70,74). The van der Waals surface area contributed by atoms with Crippen LogP contribution in [0.3, 0.4) is 0 Å². The van der Waals surface area contributed by atoms with E-state index < -0.39 is 62.1 Å². The van der Waals surface area contributed by atoms with Crippen molar-refractivity contribution in [2.75, 3.05) is 304 Å². The number of amides is 2. The van der Waals surface area contributed by atoms with E-state index in [-0.39, 0.29) is 97.6 Å². The maximum Gasteiger partial charge on any atom is 0.453 e. The molecule has 0 unspecified atom stereocenters. The van der Waals surface area contributed by atoms with Crippen LogP contribution in [0.15, 0.2) is 0 Å².